The molecule has 0 aliphatic rings. The molecule has 0 saturated heterocycles. The van der Waals surface area contributed by atoms with Crippen LogP contribution in [0.5, 0.6) is 0 Å². The Morgan fingerprint density at radius 1 is 0.462 bits per heavy atom. The summed E-state index contributed by atoms with van der Waals surface area (Å²) < 4.78 is 22.7. The van der Waals surface area contributed by atoms with Gasteiger partial charge in [0.2, 0.25) is 0 Å². The van der Waals surface area contributed by atoms with Gasteiger partial charge in [0.15, 0.2) is 12.4 Å². The molecule has 9 heteroatoms. The van der Waals surface area contributed by atoms with E-state index in [4.69, 9.17) is 18.9 Å². The Hall–Kier alpha value is -2.75. The van der Waals surface area contributed by atoms with Crippen LogP contribution in [0.1, 0.15) is 232 Å². The maximum atomic E-state index is 12.8. The third-order valence-corrected chi connectivity index (χ3v) is 11.5. The normalized spacial score (nSPS) is 13.2. The number of ether oxygens (including phenoxy) is 4. The fourth-order valence-electron chi connectivity index (χ4n) is 7.36. The predicted molar refractivity (Wildman–Crippen MR) is 269 cm³/mol. The zero-order valence-electron chi connectivity index (χ0n) is 42.9. The number of carboxylic acids is 1. The van der Waals surface area contributed by atoms with Gasteiger partial charge in [-0.1, -0.05) is 191 Å². The Labute approximate surface area is 400 Å². The van der Waals surface area contributed by atoms with Gasteiger partial charge < -0.3 is 33.3 Å². The molecule has 0 rings (SSSR count). The summed E-state index contributed by atoms with van der Waals surface area (Å²) in [7, 11) is 5.91. The van der Waals surface area contributed by atoms with Crippen molar-refractivity contribution in [3.05, 3.63) is 48.6 Å². The van der Waals surface area contributed by atoms with E-state index in [0.29, 0.717) is 17.4 Å². The second-order valence-corrected chi connectivity index (χ2v) is 19.2. The van der Waals surface area contributed by atoms with Crippen LogP contribution >= 0.6 is 0 Å². The fraction of sp³-hybridized carbons (Fsp3) is 0.804. The average molecular weight is 916 g/mol. The molecule has 0 aromatic carbocycles. The van der Waals surface area contributed by atoms with Crippen LogP contribution in [-0.2, 0) is 33.3 Å². The van der Waals surface area contributed by atoms with E-state index < -0.39 is 24.3 Å². The summed E-state index contributed by atoms with van der Waals surface area (Å²) in [6.07, 6.45) is 54.2. The van der Waals surface area contributed by atoms with Crippen LogP contribution in [0.2, 0.25) is 0 Å². The molecule has 378 valence electrons. The number of esters is 2. The van der Waals surface area contributed by atoms with Crippen molar-refractivity contribution in [1.82, 2.24) is 0 Å². The molecule has 0 fully saturated rings. The zero-order valence-corrected chi connectivity index (χ0v) is 42.9. The van der Waals surface area contributed by atoms with Crippen molar-refractivity contribution in [2.24, 2.45) is 0 Å². The number of hydrogen-bond donors (Lipinski definition) is 0. The molecule has 0 spiro atoms. The van der Waals surface area contributed by atoms with Crippen molar-refractivity contribution < 1.29 is 42.9 Å². The second-order valence-electron chi connectivity index (χ2n) is 19.2. The van der Waals surface area contributed by atoms with Crippen molar-refractivity contribution in [3.8, 4) is 0 Å². The van der Waals surface area contributed by atoms with E-state index in [2.05, 4.69) is 62.5 Å². The maximum absolute atomic E-state index is 12.8. The molecule has 0 heterocycles. The number of nitrogens with zero attached hydrogens (tertiary/aromatic N) is 1. The molecule has 0 N–H and O–H groups in total. The van der Waals surface area contributed by atoms with Crippen molar-refractivity contribution >= 4 is 17.9 Å². The predicted octanol–water partition coefficient (Wildman–Crippen LogP) is 13.8. The zero-order chi connectivity index (χ0) is 47.7. The molecule has 0 aromatic heterocycles. The highest BCUT2D eigenvalue weighted by molar-refractivity contribution is 5.70. The van der Waals surface area contributed by atoms with Gasteiger partial charge in [-0.3, -0.25) is 9.59 Å². The highest BCUT2D eigenvalue weighted by Gasteiger charge is 2.22. The van der Waals surface area contributed by atoms with Crippen LogP contribution in [0.25, 0.3) is 0 Å². The molecule has 9 nitrogen and oxygen atoms in total. The molecular weight excluding hydrogens is 815 g/mol. The Balaban J connectivity index is 4.32. The molecule has 2 unspecified atom stereocenters. The van der Waals surface area contributed by atoms with E-state index >= 15 is 0 Å². The van der Waals surface area contributed by atoms with Crippen molar-refractivity contribution in [2.75, 3.05) is 47.5 Å². The quantitative estimate of drug-likeness (QED) is 0.0195. The Bertz CT molecular complexity index is 1210. The lowest BCUT2D eigenvalue weighted by molar-refractivity contribution is -0.870. The van der Waals surface area contributed by atoms with Gasteiger partial charge in [0.25, 0.3) is 0 Å². The summed E-state index contributed by atoms with van der Waals surface area (Å²) in [4.78, 5) is 37.2. The van der Waals surface area contributed by atoms with Crippen LogP contribution in [0, 0.1) is 0 Å². The summed E-state index contributed by atoms with van der Waals surface area (Å²) in [5, 5.41) is 11.7. The molecule has 0 aliphatic heterocycles. The summed E-state index contributed by atoms with van der Waals surface area (Å²) >= 11 is 0. The first-order valence-electron chi connectivity index (χ1n) is 26.8. The van der Waals surface area contributed by atoms with Crippen LogP contribution < -0.4 is 5.11 Å². The number of unbranched alkanes of at least 4 members (excludes halogenated alkanes) is 26. The maximum Gasteiger partial charge on any atom is 0.306 e. The van der Waals surface area contributed by atoms with E-state index in [1.807, 2.05) is 21.1 Å². The Morgan fingerprint density at radius 2 is 0.831 bits per heavy atom. The smallest absolute Gasteiger partial charge is 0.306 e. The van der Waals surface area contributed by atoms with Crippen molar-refractivity contribution in [2.45, 2.75) is 245 Å². The summed E-state index contributed by atoms with van der Waals surface area (Å²) in [6, 6.07) is 0. The third kappa shape index (κ3) is 49.0. The van der Waals surface area contributed by atoms with Crippen LogP contribution in [0.15, 0.2) is 48.6 Å². The number of rotatable bonds is 49. The molecule has 0 aromatic rings. The molecule has 2 atom stereocenters. The van der Waals surface area contributed by atoms with Crippen LogP contribution in [-0.4, -0.2) is 82.3 Å². The van der Waals surface area contributed by atoms with Gasteiger partial charge in [0.1, 0.15) is 13.2 Å². The SMILES string of the molecule is CCCCC/C=C\C/C=C\CCCCCCCCCCCC(=O)OCC(COC(OCC[N+](C)(C)C)C(=O)[O-])OC(=O)CCCCCCCCCCC/C=C\C/C=C\CCCCCCC. The minimum atomic E-state index is -1.62. The molecular formula is C56H101NO8. The van der Waals surface area contributed by atoms with Gasteiger partial charge in [-0.2, -0.15) is 0 Å². The highest BCUT2D eigenvalue weighted by atomic mass is 16.7. The number of carboxylic acid groups (broad SMARTS) is 1. The first-order valence-corrected chi connectivity index (χ1v) is 26.8. The van der Waals surface area contributed by atoms with Crippen molar-refractivity contribution in [1.29, 1.82) is 0 Å². The summed E-state index contributed by atoms with van der Waals surface area (Å²) in [6.45, 7) is 4.72. The summed E-state index contributed by atoms with van der Waals surface area (Å²) in [5.74, 6) is -2.29. The molecule has 0 amide bonds. The van der Waals surface area contributed by atoms with Gasteiger partial charge in [-0.25, -0.2) is 0 Å². The van der Waals surface area contributed by atoms with E-state index in [1.54, 1.807) is 0 Å². The standard InChI is InChI=1S/C56H101NO8/c1-6-8-10-12-14-16-18-20-22-24-26-27-29-31-33-35-37-39-41-43-45-47-54(59)65-52(51-64-56(55(60)61)62-49-48-57(3,4)5)50-63-53(58)46-44-42-40-38-36-34-32-30-28-25-23-21-19-17-15-13-11-9-7-2/h15,17-18,20-21,23-24,26,52,56H,6-14,16,19,22,25,27-51H2,1-5H3/b17-15-,20-18-,23-21-,26-24-. The van der Waals surface area contributed by atoms with Crippen molar-refractivity contribution in [3.63, 3.8) is 0 Å². The molecule has 0 saturated carbocycles. The van der Waals surface area contributed by atoms with E-state index in [9.17, 15) is 19.5 Å². The monoisotopic (exact) mass is 916 g/mol. The van der Waals surface area contributed by atoms with Gasteiger partial charge in [-0.15, -0.1) is 0 Å². The number of hydrogen-bond acceptors (Lipinski definition) is 8. The van der Waals surface area contributed by atoms with Gasteiger partial charge in [0, 0.05) is 12.8 Å². The molecule has 65 heavy (non-hydrogen) atoms. The van der Waals surface area contributed by atoms with E-state index in [0.717, 1.165) is 57.8 Å². The number of carbonyl (C=O) groups excluding carboxylic acids is 3. The first kappa shape index (κ1) is 62.2. The number of aliphatic carboxylic acids is 1. The average Bonchev–Trinajstić information content (AvgIpc) is 3.27. The first-order chi connectivity index (χ1) is 31.6. The number of allylic oxidation sites excluding steroid dienone is 8. The minimum absolute atomic E-state index is 0.145. The Kier molecular flexibility index (Phi) is 45.7. The van der Waals surface area contributed by atoms with Gasteiger partial charge >= 0.3 is 11.9 Å². The second kappa shape index (κ2) is 47.7. The molecule has 0 radical (unpaired) electrons. The van der Waals surface area contributed by atoms with Gasteiger partial charge in [0.05, 0.1) is 40.3 Å². The van der Waals surface area contributed by atoms with Crippen LogP contribution in [0.3, 0.4) is 0 Å². The molecule has 0 aliphatic carbocycles. The number of quaternary nitrogens is 1. The minimum Gasteiger partial charge on any atom is -0.545 e. The molecule has 0 bridgehead atoms. The third-order valence-electron chi connectivity index (χ3n) is 11.5. The lowest BCUT2D eigenvalue weighted by atomic mass is 10.1. The highest BCUT2D eigenvalue weighted by Crippen LogP contribution is 2.15. The van der Waals surface area contributed by atoms with E-state index in [-0.39, 0.29) is 38.6 Å². The largest absolute Gasteiger partial charge is 0.545 e. The number of likely N-dealkylation sites (N-methyl/N-ethyl adjacent to an activating group) is 1. The Morgan fingerprint density at radius 3 is 1.25 bits per heavy atom. The number of carbonyl (C=O) groups is 3. The topological polar surface area (TPSA) is 111 Å². The lowest BCUT2D eigenvalue weighted by Gasteiger charge is -2.26. The lowest BCUT2D eigenvalue weighted by Crippen LogP contribution is -2.44. The van der Waals surface area contributed by atoms with E-state index in [1.165, 1.54) is 141 Å². The summed E-state index contributed by atoms with van der Waals surface area (Å²) in [5.41, 5.74) is 0. The fourth-order valence-corrected chi connectivity index (χ4v) is 7.36. The van der Waals surface area contributed by atoms with Gasteiger partial charge in [-0.05, 0) is 77.0 Å². The van der Waals surface area contributed by atoms with Crippen LogP contribution in [0.4, 0.5) is 0 Å².